The van der Waals surface area contributed by atoms with Crippen LogP contribution in [0.3, 0.4) is 0 Å². The maximum absolute atomic E-state index is 13.4. The average Bonchev–Trinajstić information content (AvgIpc) is 3.37. The second kappa shape index (κ2) is 7.00. The molecule has 1 aliphatic carbocycles. The number of halogens is 3. The Morgan fingerprint density at radius 3 is 2.81 bits per heavy atom. The van der Waals surface area contributed by atoms with E-state index in [0.29, 0.717) is 52.5 Å². The van der Waals surface area contributed by atoms with Crippen LogP contribution in [0.4, 0.5) is 13.2 Å². The van der Waals surface area contributed by atoms with Gasteiger partial charge in [-0.25, -0.2) is 0 Å². The van der Waals surface area contributed by atoms with Crippen LogP contribution in [0.2, 0.25) is 0 Å². The Hall–Kier alpha value is -3.51. The van der Waals surface area contributed by atoms with E-state index in [1.807, 2.05) is 6.20 Å². The molecule has 2 N–H and O–H groups in total. The molecule has 2 aromatic heterocycles. The highest BCUT2D eigenvalue weighted by Gasteiger charge is 2.40. The van der Waals surface area contributed by atoms with E-state index in [0.717, 1.165) is 23.4 Å². The molecule has 0 aliphatic heterocycles. The fourth-order valence-corrected chi connectivity index (χ4v) is 4.68. The van der Waals surface area contributed by atoms with Gasteiger partial charge in [0.25, 0.3) is 0 Å². The summed E-state index contributed by atoms with van der Waals surface area (Å²) in [7, 11) is 1.47. The first-order chi connectivity index (χ1) is 15.3. The van der Waals surface area contributed by atoms with Crippen LogP contribution in [-0.4, -0.2) is 16.9 Å². The van der Waals surface area contributed by atoms with Crippen molar-refractivity contribution in [1.29, 1.82) is 5.26 Å². The number of methoxy groups -OCH3 is 1. The number of rotatable bonds is 3. The standard InChI is InChI=1S/C23H19F3N4O2/c1-31-19-5-3-16(22(11-27)7-6-17-13(9-22)10-30(12-28)29-17)20-15-8-14(23(24,25)26)2-4-18(15)32-21(19)20/h2-5,8,10H,6-7,9,12,28H2,1H3. The van der Waals surface area contributed by atoms with Crippen molar-refractivity contribution in [3.63, 3.8) is 0 Å². The van der Waals surface area contributed by atoms with Gasteiger partial charge in [0.15, 0.2) is 11.3 Å². The Morgan fingerprint density at radius 2 is 2.12 bits per heavy atom. The quantitative estimate of drug-likeness (QED) is 0.500. The molecule has 0 bridgehead atoms. The molecule has 1 aliphatic rings. The Balaban J connectivity index is 1.78. The minimum atomic E-state index is -4.50. The fourth-order valence-electron chi connectivity index (χ4n) is 4.68. The summed E-state index contributed by atoms with van der Waals surface area (Å²) in [6, 6.07) is 9.30. The minimum Gasteiger partial charge on any atom is -0.493 e. The number of nitriles is 1. The predicted octanol–water partition coefficient (Wildman–Crippen LogP) is 4.68. The molecule has 0 saturated carbocycles. The summed E-state index contributed by atoms with van der Waals surface area (Å²) < 4.78 is 53.3. The topological polar surface area (TPSA) is 90.0 Å². The fraction of sp³-hybridized carbons (Fsp3) is 0.304. The van der Waals surface area contributed by atoms with Crippen molar-refractivity contribution < 1.29 is 22.3 Å². The molecule has 2 aromatic carbocycles. The van der Waals surface area contributed by atoms with Crippen LogP contribution >= 0.6 is 0 Å². The van der Waals surface area contributed by atoms with E-state index < -0.39 is 17.2 Å². The van der Waals surface area contributed by atoms with Gasteiger partial charge in [0.1, 0.15) is 5.58 Å². The van der Waals surface area contributed by atoms with E-state index in [1.165, 1.54) is 13.2 Å². The number of hydrogen-bond donors (Lipinski definition) is 1. The molecule has 0 fully saturated rings. The van der Waals surface area contributed by atoms with Gasteiger partial charge >= 0.3 is 6.18 Å². The molecular formula is C23H19F3N4O2. The summed E-state index contributed by atoms with van der Waals surface area (Å²) in [5.74, 6) is 0.397. The number of nitrogens with two attached hydrogens (primary N) is 1. The van der Waals surface area contributed by atoms with Crippen molar-refractivity contribution in [3.8, 4) is 11.8 Å². The largest absolute Gasteiger partial charge is 0.493 e. The maximum atomic E-state index is 13.4. The Labute approximate surface area is 181 Å². The second-order valence-electron chi connectivity index (χ2n) is 8.02. The van der Waals surface area contributed by atoms with Gasteiger partial charge < -0.3 is 14.9 Å². The first-order valence-corrected chi connectivity index (χ1v) is 10.1. The van der Waals surface area contributed by atoms with Crippen molar-refractivity contribution >= 4 is 21.9 Å². The zero-order valence-electron chi connectivity index (χ0n) is 17.2. The third-order valence-electron chi connectivity index (χ3n) is 6.25. The highest BCUT2D eigenvalue weighted by molar-refractivity contribution is 6.09. The molecule has 0 amide bonds. The number of nitrogens with zero attached hydrogens (tertiary/aromatic N) is 3. The van der Waals surface area contributed by atoms with Crippen molar-refractivity contribution in [2.45, 2.75) is 37.5 Å². The molecule has 164 valence electrons. The molecule has 5 rings (SSSR count). The smallest absolute Gasteiger partial charge is 0.416 e. The van der Waals surface area contributed by atoms with Gasteiger partial charge in [0.2, 0.25) is 0 Å². The summed E-state index contributed by atoms with van der Waals surface area (Å²) in [4.78, 5) is 0. The normalized spacial score (nSPS) is 18.6. The number of alkyl halides is 3. The van der Waals surface area contributed by atoms with Crippen LogP contribution in [0.5, 0.6) is 5.75 Å². The molecule has 9 heteroatoms. The Bertz CT molecular complexity index is 1400. The van der Waals surface area contributed by atoms with Gasteiger partial charge in [-0.1, -0.05) is 6.07 Å². The molecule has 0 saturated heterocycles. The molecule has 6 nitrogen and oxygen atoms in total. The molecule has 1 unspecified atom stereocenters. The molecule has 4 aromatic rings. The lowest BCUT2D eigenvalue weighted by atomic mass is 9.69. The van der Waals surface area contributed by atoms with Crippen LogP contribution in [0.1, 0.15) is 28.8 Å². The van der Waals surface area contributed by atoms with Crippen LogP contribution < -0.4 is 10.5 Å². The predicted molar refractivity (Wildman–Crippen MR) is 111 cm³/mol. The number of ether oxygens (including phenoxy) is 1. The summed E-state index contributed by atoms with van der Waals surface area (Å²) in [5.41, 5.74) is 7.03. The number of benzene rings is 2. The second-order valence-corrected chi connectivity index (χ2v) is 8.02. The minimum absolute atomic E-state index is 0.228. The molecule has 32 heavy (non-hydrogen) atoms. The molecule has 1 atom stereocenters. The summed E-state index contributed by atoms with van der Waals surface area (Å²) in [6.45, 7) is 0.228. The average molecular weight is 440 g/mol. The first-order valence-electron chi connectivity index (χ1n) is 10.1. The van der Waals surface area contributed by atoms with Crippen molar-refractivity contribution in [1.82, 2.24) is 9.78 Å². The number of furan rings is 1. The lowest BCUT2D eigenvalue weighted by molar-refractivity contribution is -0.137. The monoisotopic (exact) mass is 440 g/mol. The SMILES string of the molecule is COc1ccc(C2(C#N)CCc3nn(CN)cc3C2)c2c1oc1ccc(C(F)(F)F)cc12. The van der Waals surface area contributed by atoms with E-state index in [4.69, 9.17) is 14.9 Å². The highest BCUT2D eigenvalue weighted by Crippen LogP contribution is 2.46. The van der Waals surface area contributed by atoms with Gasteiger partial charge in [-0.15, -0.1) is 0 Å². The molecule has 0 spiro atoms. The third kappa shape index (κ3) is 2.94. The zero-order chi connectivity index (χ0) is 22.7. The van der Waals surface area contributed by atoms with E-state index >= 15 is 0 Å². The van der Waals surface area contributed by atoms with Gasteiger partial charge in [-0.2, -0.15) is 23.5 Å². The number of fused-ring (bicyclic) bond motifs is 4. The Kier molecular flexibility index (Phi) is 4.46. The van der Waals surface area contributed by atoms with Gasteiger partial charge in [0, 0.05) is 17.0 Å². The zero-order valence-corrected chi connectivity index (χ0v) is 17.2. The number of aromatic nitrogens is 2. The van der Waals surface area contributed by atoms with Gasteiger partial charge in [-0.3, -0.25) is 4.68 Å². The summed E-state index contributed by atoms with van der Waals surface area (Å²) >= 11 is 0. The Morgan fingerprint density at radius 1 is 1.31 bits per heavy atom. The van der Waals surface area contributed by atoms with Gasteiger partial charge in [-0.05, 0) is 54.7 Å². The van der Waals surface area contributed by atoms with Crippen LogP contribution in [0, 0.1) is 11.3 Å². The van der Waals surface area contributed by atoms with Crippen LogP contribution in [-0.2, 0) is 31.1 Å². The molecular weight excluding hydrogens is 421 g/mol. The van der Waals surface area contributed by atoms with Crippen molar-refractivity contribution in [2.75, 3.05) is 7.11 Å². The van der Waals surface area contributed by atoms with Crippen LogP contribution in [0.15, 0.2) is 40.9 Å². The van der Waals surface area contributed by atoms with Crippen LogP contribution in [0.25, 0.3) is 21.9 Å². The molecule has 2 heterocycles. The lowest BCUT2D eigenvalue weighted by Gasteiger charge is -2.31. The van der Waals surface area contributed by atoms with E-state index in [1.54, 1.807) is 16.8 Å². The van der Waals surface area contributed by atoms with Crippen molar-refractivity contribution in [3.05, 3.63) is 58.9 Å². The lowest BCUT2D eigenvalue weighted by Crippen LogP contribution is -2.31. The van der Waals surface area contributed by atoms with E-state index in [9.17, 15) is 18.4 Å². The molecule has 0 radical (unpaired) electrons. The number of aryl methyl sites for hydroxylation is 1. The highest BCUT2D eigenvalue weighted by atomic mass is 19.4. The van der Waals surface area contributed by atoms with Crippen molar-refractivity contribution in [2.24, 2.45) is 5.73 Å². The van der Waals surface area contributed by atoms with Gasteiger partial charge in [0.05, 0.1) is 36.5 Å². The maximum Gasteiger partial charge on any atom is 0.416 e. The van der Waals surface area contributed by atoms with E-state index in [2.05, 4.69) is 11.2 Å². The van der Waals surface area contributed by atoms with E-state index in [-0.39, 0.29) is 6.67 Å². The number of hydrogen-bond acceptors (Lipinski definition) is 5. The summed E-state index contributed by atoms with van der Waals surface area (Å²) in [6.07, 6.45) is -1.25. The summed E-state index contributed by atoms with van der Waals surface area (Å²) in [5, 5.41) is 15.6. The third-order valence-corrected chi connectivity index (χ3v) is 6.25. The first kappa shape index (κ1) is 20.4.